The Balaban J connectivity index is 3.33. The lowest BCUT2D eigenvalue weighted by Crippen LogP contribution is -2.29. The minimum absolute atomic E-state index is 0.331. The van der Waals surface area contributed by atoms with Crippen molar-refractivity contribution in [3.8, 4) is 0 Å². The Morgan fingerprint density at radius 2 is 2.00 bits per heavy atom. The van der Waals surface area contributed by atoms with Gasteiger partial charge in [-0.15, -0.1) is 0 Å². The summed E-state index contributed by atoms with van der Waals surface area (Å²) < 4.78 is 1.60. The second kappa shape index (κ2) is 8.23. The van der Waals surface area contributed by atoms with E-state index in [1.165, 1.54) is 37.6 Å². The van der Waals surface area contributed by atoms with Crippen molar-refractivity contribution in [1.82, 2.24) is 4.31 Å². The summed E-state index contributed by atoms with van der Waals surface area (Å²) >= 11 is 1.54. The number of unbranched alkanes of at least 4 members (excludes halogenated alkanes) is 3. The average molecular weight is 204 g/mol. The smallest absolute Gasteiger partial charge is 0.324 e. The molecule has 0 aliphatic heterocycles. The largest absolute Gasteiger partial charge is 0.351 e. The van der Waals surface area contributed by atoms with Crippen LogP contribution in [0.5, 0.6) is 0 Å². The summed E-state index contributed by atoms with van der Waals surface area (Å²) in [6.45, 7) is 4.81. The zero-order valence-electron chi connectivity index (χ0n) is 8.58. The number of nitrogens with zero attached hydrogens (tertiary/aromatic N) is 1. The minimum Gasteiger partial charge on any atom is -0.351 e. The third-order valence-corrected chi connectivity index (χ3v) is 3.00. The van der Waals surface area contributed by atoms with E-state index < -0.39 is 0 Å². The molecule has 3 nitrogen and oxygen atoms in total. The standard InChI is InChI=1S/C9H20N2OS/c1-3-5-6-7-8-13-11(4-2)9(10)12/h3-8H2,1-2H3,(H2,10,12). The van der Waals surface area contributed by atoms with E-state index >= 15 is 0 Å². The lowest BCUT2D eigenvalue weighted by molar-refractivity contribution is 0.236. The van der Waals surface area contributed by atoms with Crippen molar-refractivity contribution in [3.63, 3.8) is 0 Å². The van der Waals surface area contributed by atoms with Gasteiger partial charge in [0.15, 0.2) is 0 Å². The quantitative estimate of drug-likeness (QED) is 0.512. The van der Waals surface area contributed by atoms with E-state index in [-0.39, 0.29) is 6.03 Å². The summed E-state index contributed by atoms with van der Waals surface area (Å²) in [5.41, 5.74) is 5.15. The normalized spacial score (nSPS) is 10.0. The maximum absolute atomic E-state index is 10.8. The number of hydrogen-bond donors (Lipinski definition) is 1. The van der Waals surface area contributed by atoms with Crippen LogP contribution in [-0.2, 0) is 0 Å². The number of hydrogen-bond acceptors (Lipinski definition) is 2. The predicted octanol–water partition coefficient (Wildman–Crippen LogP) is 2.62. The molecule has 4 heteroatoms. The maximum atomic E-state index is 10.8. The SMILES string of the molecule is CCCCCCSN(CC)C(N)=O. The Kier molecular flexibility index (Phi) is 7.99. The fraction of sp³-hybridized carbons (Fsp3) is 0.889. The molecule has 0 bridgehead atoms. The summed E-state index contributed by atoms with van der Waals surface area (Å²) in [4.78, 5) is 10.8. The van der Waals surface area contributed by atoms with Crippen molar-refractivity contribution in [3.05, 3.63) is 0 Å². The molecule has 0 aliphatic carbocycles. The van der Waals surface area contributed by atoms with Gasteiger partial charge in [0.25, 0.3) is 0 Å². The van der Waals surface area contributed by atoms with Gasteiger partial charge < -0.3 is 5.73 Å². The lowest BCUT2D eigenvalue weighted by atomic mass is 10.2. The molecule has 0 aromatic carbocycles. The van der Waals surface area contributed by atoms with E-state index in [4.69, 9.17) is 5.73 Å². The topological polar surface area (TPSA) is 46.3 Å². The van der Waals surface area contributed by atoms with Gasteiger partial charge in [-0.05, 0) is 25.3 Å². The predicted molar refractivity (Wildman–Crippen MR) is 58.6 cm³/mol. The van der Waals surface area contributed by atoms with Gasteiger partial charge in [0.1, 0.15) is 0 Å². The number of carbonyl (C=O) groups excluding carboxylic acids is 1. The number of nitrogens with two attached hydrogens (primary N) is 1. The molecule has 0 aliphatic rings. The van der Waals surface area contributed by atoms with E-state index in [0.717, 1.165) is 5.75 Å². The van der Waals surface area contributed by atoms with Crippen LogP contribution in [-0.4, -0.2) is 22.6 Å². The Morgan fingerprint density at radius 1 is 1.31 bits per heavy atom. The molecular formula is C9H20N2OS. The van der Waals surface area contributed by atoms with Crippen molar-refractivity contribution >= 4 is 18.0 Å². The van der Waals surface area contributed by atoms with Crippen molar-refractivity contribution in [2.24, 2.45) is 5.73 Å². The second-order valence-corrected chi connectivity index (χ2v) is 4.03. The third kappa shape index (κ3) is 6.75. The van der Waals surface area contributed by atoms with E-state index in [9.17, 15) is 4.79 Å². The van der Waals surface area contributed by atoms with Gasteiger partial charge in [-0.3, -0.25) is 4.31 Å². The van der Waals surface area contributed by atoms with E-state index in [0.29, 0.717) is 6.54 Å². The zero-order chi connectivity index (χ0) is 10.1. The van der Waals surface area contributed by atoms with Crippen LogP contribution in [0.4, 0.5) is 4.79 Å². The molecule has 0 spiro atoms. The van der Waals surface area contributed by atoms with Gasteiger partial charge in [-0.2, -0.15) is 0 Å². The van der Waals surface area contributed by atoms with Gasteiger partial charge in [-0.25, -0.2) is 4.79 Å². The van der Waals surface area contributed by atoms with Crippen LogP contribution >= 0.6 is 11.9 Å². The molecular weight excluding hydrogens is 184 g/mol. The maximum Gasteiger partial charge on any atom is 0.324 e. The van der Waals surface area contributed by atoms with Crippen molar-refractivity contribution < 1.29 is 4.79 Å². The summed E-state index contributed by atoms with van der Waals surface area (Å²) in [7, 11) is 0. The molecule has 13 heavy (non-hydrogen) atoms. The van der Waals surface area contributed by atoms with Crippen molar-refractivity contribution in [2.45, 2.75) is 39.5 Å². The minimum atomic E-state index is -0.331. The molecule has 0 saturated carbocycles. The van der Waals surface area contributed by atoms with Crippen LogP contribution in [0.2, 0.25) is 0 Å². The molecule has 0 radical (unpaired) electrons. The molecule has 0 rings (SSSR count). The summed E-state index contributed by atoms with van der Waals surface area (Å²) in [5, 5.41) is 0. The van der Waals surface area contributed by atoms with Gasteiger partial charge >= 0.3 is 6.03 Å². The molecule has 0 unspecified atom stereocenters. The summed E-state index contributed by atoms with van der Waals surface area (Å²) in [6, 6.07) is -0.331. The fourth-order valence-electron chi connectivity index (χ4n) is 1.01. The molecule has 0 saturated heterocycles. The average Bonchev–Trinajstić information content (AvgIpc) is 2.10. The lowest BCUT2D eigenvalue weighted by Gasteiger charge is -2.15. The van der Waals surface area contributed by atoms with Gasteiger partial charge in [0.05, 0.1) is 0 Å². The second-order valence-electron chi connectivity index (χ2n) is 2.93. The highest BCUT2D eigenvalue weighted by atomic mass is 32.2. The van der Waals surface area contributed by atoms with Crippen molar-refractivity contribution in [2.75, 3.05) is 12.3 Å². The summed E-state index contributed by atoms with van der Waals surface area (Å²) in [5.74, 6) is 0.997. The van der Waals surface area contributed by atoms with Crippen LogP contribution < -0.4 is 5.73 Å². The first-order chi connectivity index (χ1) is 6.22. The summed E-state index contributed by atoms with van der Waals surface area (Å²) in [6.07, 6.45) is 4.95. The Hall–Kier alpha value is -0.380. The highest BCUT2D eigenvalue weighted by Crippen LogP contribution is 2.12. The first-order valence-corrected chi connectivity index (χ1v) is 5.86. The first-order valence-electron chi connectivity index (χ1n) is 4.92. The molecule has 78 valence electrons. The monoisotopic (exact) mass is 204 g/mol. The third-order valence-electron chi connectivity index (χ3n) is 1.78. The van der Waals surface area contributed by atoms with E-state index in [1.807, 2.05) is 6.92 Å². The molecule has 0 atom stereocenters. The Morgan fingerprint density at radius 3 is 2.46 bits per heavy atom. The molecule has 0 fully saturated rings. The fourth-order valence-corrected chi connectivity index (χ4v) is 1.88. The van der Waals surface area contributed by atoms with Gasteiger partial charge in [-0.1, -0.05) is 26.2 Å². The number of urea groups is 1. The number of carbonyl (C=O) groups is 1. The number of amides is 2. The molecule has 0 aromatic rings. The molecule has 0 heterocycles. The number of primary amides is 1. The van der Waals surface area contributed by atoms with Crippen LogP contribution in [0.15, 0.2) is 0 Å². The van der Waals surface area contributed by atoms with Crippen molar-refractivity contribution in [1.29, 1.82) is 0 Å². The zero-order valence-corrected chi connectivity index (χ0v) is 9.40. The first kappa shape index (κ1) is 12.6. The van der Waals surface area contributed by atoms with E-state index in [1.54, 1.807) is 4.31 Å². The van der Waals surface area contributed by atoms with Crippen LogP contribution in [0.25, 0.3) is 0 Å². The van der Waals surface area contributed by atoms with Crippen LogP contribution in [0, 0.1) is 0 Å². The Bertz CT molecular complexity index is 142. The highest BCUT2D eigenvalue weighted by molar-refractivity contribution is 7.97. The highest BCUT2D eigenvalue weighted by Gasteiger charge is 2.05. The van der Waals surface area contributed by atoms with Crippen LogP contribution in [0.1, 0.15) is 39.5 Å². The Labute approximate surface area is 85.2 Å². The molecule has 2 N–H and O–H groups in total. The van der Waals surface area contributed by atoms with Gasteiger partial charge in [0, 0.05) is 12.3 Å². The van der Waals surface area contributed by atoms with E-state index in [2.05, 4.69) is 6.92 Å². The van der Waals surface area contributed by atoms with Crippen LogP contribution in [0.3, 0.4) is 0 Å². The molecule has 2 amide bonds. The number of rotatable bonds is 7. The molecule has 0 aromatic heterocycles. The van der Waals surface area contributed by atoms with Gasteiger partial charge in [0.2, 0.25) is 0 Å².